The molecule has 1 N–H and O–H groups in total. The number of benzene rings is 2. The molecule has 0 saturated carbocycles. The summed E-state index contributed by atoms with van der Waals surface area (Å²) in [5, 5.41) is 2.91. The van der Waals surface area contributed by atoms with Crippen LogP contribution in [0.5, 0.6) is 0 Å². The molecule has 0 spiro atoms. The molecule has 118 valence electrons. The molecule has 2 heterocycles. The Morgan fingerprint density at radius 3 is 2.54 bits per heavy atom. The Morgan fingerprint density at radius 2 is 1.79 bits per heavy atom. The normalized spacial score (nSPS) is 10.9. The summed E-state index contributed by atoms with van der Waals surface area (Å²) in [5.74, 6) is -0.122. The second kappa shape index (κ2) is 5.70. The van der Waals surface area contributed by atoms with Crippen LogP contribution in [0.25, 0.3) is 16.7 Å². The third-order valence-electron chi connectivity index (χ3n) is 4.03. The summed E-state index contributed by atoms with van der Waals surface area (Å²) in [6.45, 7) is 0. The van der Waals surface area contributed by atoms with Gasteiger partial charge in [0.2, 0.25) is 0 Å². The van der Waals surface area contributed by atoms with Crippen LogP contribution in [0.4, 0.5) is 5.69 Å². The van der Waals surface area contributed by atoms with Crippen LogP contribution in [0.1, 0.15) is 10.5 Å². The van der Waals surface area contributed by atoms with Crippen LogP contribution in [0, 0.1) is 0 Å². The Morgan fingerprint density at radius 1 is 1.00 bits per heavy atom. The van der Waals surface area contributed by atoms with Crippen LogP contribution in [-0.2, 0) is 7.05 Å². The van der Waals surface area contributed by atoms with Gasteiger partial charge >= 0.3 is 0 Å². The van der Waals surface area contributed by atoms with E-state index in [-0.39, 0.29) is 5.91 Å². The standard InChI is InChI=1S/C19H16N4O/c1-22-12-4-7-18(22)19(24)21-14-8-10-15(11-9-14)23-13-20-16-5-2-3-6-17(16)23/h2-13H,1H3,(H,21,24). The first-order valence-corrected chi connectivity index (χ1v) is 7.67. The molecular weight excluding hydrogens is 300 g/mol. The van der Waals surface area contributed by atoms with Gasteiger partial charge in [-0.3, -0.25) is 9.36 Å². The Kier molecular flexibility index (Phi) is 3.39. The Balaban J connectivity index is 1.59. The van der Waals surface area contributed by atoms with Crippen LogP contribution in [0.3, 0.4) is 0 Å². The number of aryl methyl sites for hydroxylation is 1. The molecule has 4 rings (SSSR count). The minimum atomic E-state index is -0.122. The number of amides is 1. The van der Waals surface area contributed by atoms with E-state index in [1.165, 1.54) is 0 Å². The quantitative estimate of drug-likeness (QED) is 0.627. The van der Waals surface area contributed by atoms with Crippen molar-refractivity contribution in [3.63, 3.8) is 0 Å². The molecule has 2 aromatic heterocycles. The predicted octanol–water partition coefficient (Wildman–Crippen LogP) is 3.62. The number of aromatic nitrogens is 3. The van der Waals surface area contributed by atoms with Crippen LogP contribution < -0.4 is 5.32 Å². The fourth-order valence-corrected chi connectivity index (χ4v) is 2.76. The highest BCUT2D eigenvalue weighted by Crippen LogP contribution is 2.20. The number of anilines is 1. The second-order valence-electron chi connectivity index (χ2n) is 5.61. The number of imidazole rings is 1. The molecule has 5 heteroatoms. The molecule has 1 amide bonds. The van der Waals surface area contributed by atoms with E-state index < -0.39 is 0 Å². The first kappa shape index (κ1) is 14.3. The molecule has 0 unspecified atom stereocenters. The third kappa shape index (κ3) is 2.46. The van der Waals surface area contributed by atoms with Crippen LogP contribution in [0.15, 0.2) is 73.2 Å². The topological polar surface area (TPSA) is 51.9 Å². The second-order valence-corrected chi connectivity index (χ2v) is 5.61. The van der Waals surface area contributed by atoms with Crippen LogP contribution in [-0.4, -0.2) is 20.0 Å². The molecule has 0 aliphatic heterocycles. The van der Waals surface area contributed by atoms with Gasteiger partial charge in [0.1, 0.15) is 12.0 Å². The number of carbonyl (C=O) groups excluding carboxylic acids is 1. The summed E-state index contributed by atoms with van der Waals surface area (Å²) in [6.07, 6.45) is 3.66. The lowest BCUT2D eigenvalue weighted by atomic mass is 10.2. The highest BCUT2D eigenvalue weighted by molar-refractivity contribution is 6.03. The van der Waals surface area contributed by atoms with Crippen molar-refractivity contribution in [3.8, 4) is 5.69 Å². The number of rotatable bonds is 3. The van der Waals surface area contributed by atoms with E-state index >= 15 is 0 Å². The van der Waals surface area contributed by atoms with Gasteiger partial charge in [0.15, 0.2) is 0 Å². The summed E-state index contributed by atoms with van der Waals surface area (Å²) in [5.41, 5.74) is 4.39. The van der Waals surface area contributed by atoms with E-state index in [1.54, 1.807) is 10.6 Å². The average Bonchev–Trinajstić information content (AvgIpc) is 3.22. The fraction of sp³-hybridized carbons (Fsp3) is 0.0526. The molecule has 0 atom stereocenters. The molecular formula is C19H16N4O. The van der Waals surface area contributed by atoms with E-state index in [1.807, 2.05) is 78.7 Å². The lowest BCUT2D eigenvalue weighted by Crippen LogP contribution is -2.15. The van der Waals surface area contributed by atoms with Crippen molar-refractivity contribution in [2.75, 3.05) is 5.32 Å². The number of fused-ring (bicyclic) bond motifs is 1. The van der Waals surface area contributed by atoms with Crippen molar-refractivity contribution in [3.05, 3.63) is 78.9 Å². The lowest BCUT2D eigenvalue weighted by molar-refractivity contribution is 0.101. The maximum atomic E-state index is 12.2. The number of hydrogen-bond acceptors (Lipinski definition) is 2. The van der Waals surface area contributed by atoms with Gasteiger partial charge < -0.3 is 9.88 Å². The molecule has 24 heavy (non-hydrogen) atoms. The van der Waals surface area contributed by atoms with Crippen LogP contribution >= 0.6 is 0 Å². The third-order valence-corrected chi connectivity index (χ3v) is 4.03. The Hall–Kier alpha value is -3.34. The van der Waals surface area contributed by atoms with Crippen molar-refractivity contribution in [1.29, 1.82) is 0 Å². The van der Waals surface area contributed by atoms with Gasteiger partial charge in [0, 0.05) is 24.6 Å². The minimum Gasteiger partial charge on any atom is -0.347 e. The van der Waals surface area contributed by atoms with E-state index in [9.17, 15) is 4.79 Å². The zero-order valence-corrected chi connectivity index (χ0v) is 13.2. The molecule has 2 aromatic carbocycles. The van der Waals surface area contributed by atoms with Gasteiger partial charge in [-0.2, -0.15) is 0 Å². The molecule has 4 aromatic rings. The van der Waals surface area contributed by atoms with E-state index in [0.29, 0.717) is 5.69 Å². The number of nitrogens with zero attached hydrogens (tertiary/aromatic N) is 3. The first-order valence-electron chi connectivity index (χ1n) is 7.67. The monoisotopic (exact) mass is 316 g/mol. The minimum absolute atomic E-state index is 0.122. The summed E-state index contributed by atoms with van der Waals surface area (Å²) in [4.78, 5) is 16.6. The summed E-state index contributed by atoms with van der Waals surface area (Å²) in [7, 11) is 1.85. The smallest absolute Gasteiger partial charge is 0.272 e. The maximum Gasteiger partial charge on any atom is 0.272 e. The van der Waals surface area contributed by atoms with Crippen LogP contribution in [0.2, 0.25) is 0 Å². The van der Waals surface area contributed by atoms with E-state index in [2.05, 4.69) is 10.3 Å². The lowest BCUT2D eigenvalue weighted by Gasteiger charge is -2.08. The summed E-state index contributed by atoms with van der Waals surface area (Å²) >= 11 is 0. The van der Waals surface area contributed by atoms with Gasteiger partial charge in [0.05, 0.1) is 11.0 Å². The predicted molar refractivity (Wildman–Crippen MR) is 94.4 cm³/mol. The highest BCUT2D eigenvalue weighted by atomic mass is 16.1. The Bertz CT molecular complexity index is 1010. The van der Waals surface area contributed by atoms with Gasteiger partial charge in [-0.15, -0.1) is 0 Å². The number of para-hydroxylation sites is 2. The van der Waals surface area contributed by atoms with E-state index in [4.69, 9.17) is 0 Å². The largest absolute Gasteiger partial charge is 0.347 e. The highest BCUT2D eigenvalue weighted by Gasteiger charge is 2.09. The van der Waals surface area contributed by atoms with Crippen molar-refractivity contribution in [2.45, 2.75) is 0 Å². The zero-order valence-electron chi connectivity index (χ0n) is 13.2. The molecule has 0 fully saturated rings. The summed E-state index contributed by atoms with van der Waals surface area (Å²) in [6, 6.07) is 19.4. The van der Waals surface area contributed by atoms with Gasteiger partial charge in [-0.05, 0) is 48.5 Å². The SMILES string of the molecule is Cn1cccc1C(=O)Nc1ccc(-n2cnc3ccccc32)cc1. The fourth-order valence-electron chi connectivity index (χ4n) is 2.76. The van der Waals surface area contributed by atoms with Crippen molar-refractivity contribution in [2.24, 2.45) is 7.05 Å². The molecule has 5 nitrogen and oxygen atoms in total. The molecule has 0 aliphatic rings. The van der Waals surface area contributed by atoms with Crippen molar-refractivity contribution < 1.29 is 4.79 Å². The summed E-state index contributed by atoms with van der Waals surface area (Å²) < 4.78 is 3.82. The maximum absolute atomic E-state index is 12.2. The Labute approximate surface area is 139 Å². The van der Waals surface area contributed by atoms with Gasteiger partial charge in [-0.1, -0.05) is 12.1 Å². The number of hydrogen-bond donors (Lipinski definition) is 1. The number of carbonyl (C=O) groups is 1. The van der Waals surface area contributed by atoms with Crippen molar-refractivity contribution >= 4 is 22.6 Å². The van der Waals surface area contributed by atoms with Gasteiger partial charge in [0.25, 0.3) is 5.91 Å². The molecule has 0 aliphatic carbocycles. The molecule has 0 radical (unpaired) electrons. The van der Waals surface area contributed by atoms with Gasteiger partial charge in [-0.25, -0.2) is 4.98 Å². The van der Waals surface area contributed by atoms with Crippen molar-refractivity contribution in [1.82, 2.24) is 14.1 Å². The average molecular weight is 316 g/mol. The van der Waals surface area contributed by atoms with E-state index in [0.717, 1.165) is 22.4 Å². The number of nitrogens with one attached hydrogen (secondary N) is 1. The molecule has 0 saturated heterocycles. The zero-order chi connectivity index (χ0) is 16.5. The first-order chi connectivity index (χ1) is 11.7. The molecule has 0 bridgehead atoms.